The molecule has 0 atom stereocenters. The van der Waals surface area contributed by atoms with E-state index in [2.05, 4.69) is 15.9 Å². The molecule has 2 rings (SSSR count). The van der Waals surface area contributed by atoms with Crippen molar-refractivity contribution in [3.8, 4) is 0 Å². The van der Waals surface area contributed by atoms with E-state index in [1.807, 2.05) is 11.4 Å². The van der Waals surface area contributed by atoms with Gasteiger partial charge in [0.2, 0.25) is 0 Å². The number of hydrogen-bond donors (Lipinski definition) is 1. The van der Waals surface area contributed by atoms with E-state index in [1.165, 1.54) is 12.1 Å². The lowest BCUT2D eigenvalue weighted by molar-refractivity contribution is -0.142. The maximum atomic E-state index is 13.0. The van der Waals surface area contributed by atoms with Crippen molar-refractivity contribution in [3.63, 3.8) is 0 Å². The van der Waals surface area contributed by atoms with Gasteiger partial charge in [-0.15, -0.1) is 0 Å². The molecule has 0 radical (unpaired) electrons. The minimum absolute atomic E-state index is 0.279. The third kappa shape index (κ3) is 6.41. The summed E-state index contributed by atoms with van der Waals surface area (Å²) < 4.78 is 44.5. The van der Waals surface area contributed by atoms with E-state index in [-0.39, 0.29) is 5.02 Å². The number of carbonyl (C=O) groups is 2. The van der Waals surface area contributed by atoms with Crippen molar-refractivity contribution < 1.29 is 27.5 Å². The molecule has 4 nitrogen and oxygen atoms in total. The van der Waals surface area contributed by atoms with Crippen molar-refractivity contribution in [2.45, 2.75) is 6.18 Å². The quantitative estimate of drug-likeness (QED) is 0.484. The first-order valence-electron chi connectivity index (χ1n) is 7.43. The Morgan fingerprint density at radius 3 is 2.56 bits per heavy atom. The molecule has 0 fully saturated rings. The molecule has 0 saturated heterocycles. The van der Waals surface area contributed by atoms with Gasteiger partial charge in [0.1, 0.15) is 0 Å². The minimum atomic E-state index is -4.70. The fraction of sp³-hybridized carbons (Fsp3) is 0.111. The van der Waals surface area contributed by atoms with E-state index in [1.54, 1.807) is 18.2 Å². The summed E-state index contributed by atoms with van der Waals surface area (Å²) in [5.74, 6) is -1.77. The van der Waals surface area contributed by atoms with E-state index in [0.29, 0.717) is 0 Å². The van der Waals surface area contributed by atoms with Crippen molar-refractivity contribution in [2.24, 2.45) is 0 Å². The highest BCUT2D eigenvalue weighted by Gasteiger charge is 2.34. The molecule has 1 N–H and O–H groups in total. The molecule has 0 aliphatic carbocycles. The Balaban J connectivity index is 1.96. The van der Waals surface area contributed by atoms with Crippen LogP contribution >= 0.6 is 27.5 Å². The minimum Gasteiger partial charge on any atom is -0.452 e. The van der Waals surface area contributed by atoms with E-state index in [0.717, 1.165) is 28.2 Å². The lowest BCUT2D eigenvalue weighted by atomic mass is 10.1. The number of anilines is 1. The Bertz CT molecular complexity index is 884. The largest absolute Gasteiger partial charge is 0.452 e. The van der Waals surface area contributed by atoms with Crippen LogP contribution in [0.25, 0.3) is 6.08 Å². The van der Waals surface area contributed by atoms with Gasteiger partial charge in [-0.2, -0.15) is 13.2 Å². The number of amides is 1. The number of esters is 1. The highest BCUT2D eigenvalue weighted by Crippen LogP contribution is 2.38. The second-order valence-electron chi connectivity index (χ2n) is 5.20. The number of benzene rings is 2. The van der Waals surface area contributed by atoms with Crippen LogP contribution in [0.4, 0.5) is 18.9 Å². The Morgan fingerprint density at radius 1 is 1.19 bits per heavy atom. The van der Waals surface area contributed by atoms with Gasteiger partial charge in [-0.05, 0) is 35.9 Å². The molecule has 0 aromatic heterocycles. The van der Waals surface area contributed by atoms with Gasteiger partial charge in [-0.25, -0.2) is 4.79 Å². The molecule has 27 heavy (non-hydrogen) atoms. The Morgan fingerprint density at radius 2 is 1.89 bits per heavy atom. The summed E-state index contributed by atoms with van der Waals surface area (Å²) in [5, 5.41) is 1.74. The molecule has 142 valence electrons. The van der Waals surface area contributed by atoms with Crippen molar-refractivity contribution in [3.05, 3.63) is 69.2 Å². The van der Waals surface area contributed by atoms with Crippen LogP contribution in [0.3, 0.4) is 0 Å². The van der Waals surface area contributed by atoms with Crippen molar-refractivity contribution in [1.82, 2.24) is 0 Å². The summed E-state index contributed by atoms with van der Waals surface area (Å²) in [6.45, 7) is -0.760. The van der Waals surface area contributed by atoms with Gasteiger partial charge in [0.05, 0.1) is 16.3 Å². The van der Waals surface area contributed by atoms with E-state index >= 15 is 0 Å². The average molecular weight is 463 g/mol. The number of nitrogens with one attached hydrogen (secondary N) is 1. The fourth-order valence-electron chi connectivity index (χ4n) is 2.02. The molecule has 0 spiro atoms. The van der Waals surface area contributed by atoms with Crippen molar-refractivity contribution in [2.75, 3.05) is 11.9 Å². The molecule has 0 heterocycles. The number of ether oxygens (including phenoxy) is 1. The maximum Gasteiger partial charge on any atom is 0.418 e. The molecule has 0 aliphatic rings. The first-order chi connectivity index (χ1) is 12.7. The number of hydrogen-bond acceptors (Lipinski definition) is 3. The van der Waals surface area contributed by atoms with Crippen LogP contribution in [0.1, 0.15) is 11.1 Å². The lowest BCUT2D eigenvalue weighted by Crippen LogP contribution is -2.22. The average Bonchev–Trinajstić information content (AvgIpc) is 2.59. The van der Waals surface area contributed by atoms with Gasteiger partial charge >= 0.3 is 12.1 Å². The highest BCUT2D eigenvalue weighted by molar-refractivity contribution is 9.10. The van der Waals surface area contributed by atoms with E-state index in [9.17, 15) is 22.8 Å². The Hall–Kier alpha value is -2.32. The first kappa shape index (κ1) is 21.0. The number of alkyl halides is 3. The number of para-hydroxylation sites is 1. The van der Waals surface area contributed by atoms with Gasteiger partial charge in [0, 0.05) is 10.5 Å². The van der Waals surface area contributed by atoms with Crippen LogP contribution in [0.2, 0.25) is 5.02 Å². The van der Waals surface area contributed by atoms with Gasteiger partial charge in [0.15, 0.2) is 6.61 Å². The molecule has 0 bridgehead atoms. The number of carbonyl (C=O) groups excluding carboxylic acids is 2. The predicted octanol–water partition coefficient (Wildman–Crippen LogP) is 5.32. The van der Waals surface area contributed by atoms with Gasteiger partial charge in [-0.1, -0.05) is 45.7 Å². The van der Waals surface area contributed by atoms with Crippen LogP contribution in [0.5, 0.6) is 0 Å². The number of rotatable bonds is 5. The fourth-order valence-corrected chi connectivity index (χ4v) is 2.66. The summed E-state index contributed by atoms with van der Waals surface area (Å²) in [5.41, 5.74) is -0.960. The third-order valence-electron chi connectivity index (χ3n) is 3.19. The Kier molecular flexibility index (Phi) is 7.04. The zero-order chi connectivity index (χ0) is 20.0. The number of halogens is 5. The van der Waals surface area contributed by atoms with Gasteiger partial charge in [-0.3, -0.25) is 4.79 Å². The summed E-state index contributed by atoms with van der Waals surface area (Å²) in [4.78, 5) is 23.5. The predicted molar refractivity (Wildman–Crippen MR) is 99.2 cm³/mol. The molecule has 0 unspecified atom stereocenters. The SMILES string of the molecule is O=C(COC(=O)/C=C/c1cccc(Br)c1)Nc1c(Cl)cccc1C(F)(F)F. The highest BCUT2D eigenvalue weighted by atomic mass is 79.9. The monoisotopic (exact) mass is 461 g/mol. The van der Waals surface area contributed by atoms with Gasteiger partial charge in [0.25, 0.3) is 5.91 Å². The van der Waals surface area contributed by atoms with Crippen LogP contribution in [-0.4, -0.2) is 18.5 Å². The second kappa shape index (κ2) is 9.05. The van der Waals surface area contributed by atoms with Crippen LogP contribution < -0.4 is 5.32 Å². The van der Waals surface area contributed by atoms with E-state index < -0.39 is 35.9 Å². The standard InChI is InChI=1S/C18H12BrClF3NO3/c19-12-4-1-3-11(9-12)7-8-16(26)27-10-15(25)24-17-13(18(21,22)23)5-2-6-14(17)20/h1-9H,10H2,(H,24,25)/b8-7+. The molecular weight excluding hydrogens is 451 g/mol. The summed E-state index contributed by atoms with van der Waals surface area (Å²) in [6.07, 6.45) is -2.12. The molecule has 2 aromatic rings. The summed E-state index contributed by atoms with van der Waals surface area (Å²) in [6, 6.07) is 10.2. The zero-order valence-electron chi connectivity index (χ0n) is 13.5. The van der Waals surface area contributed by atoms with Gasteiger partial charge < -0.3 is 10.1 Å². The maximum absolute atomic E-state index is 13.0. The normalized spacial score (nSPS) is 11.4. The van der Waals surface area contributed by atoms with Crippen LogP contribution in [0, 0.1) is 0 Å². The van der Waals surface area contributed by atoms with Crippen LogP contribution in [-0.2, 0) is 20.5 Å². The van der Waals surface area contributed by atoms with Crippen LogP contribution in [0.15, 0.2) is 53.0 Å². The molecule has 9 heteroatoms. The van der Waals surface area contributed by atoms with E-state index in [4.69, 9.17) is 16.3 Å². The molecule has 1 amide bonds. The second-order valence-corrected chi connectivity index (χ2v) is 6.53. The zero-order valence-corrected chi connectivity index (χ0v) is 15.9. The summed E-state index contributed by atoms with van der Waals surface area (Å²) in [7, 11) is 0. The van der Waals surface area contributed by atoms with Crippen molar-refractivity contribution in [1.29, 1.82) is 0 Å². The smallest absolute Gasteiger partial charge is 0.418 e. The first-order valence-corrected chi connectivity index (χ1v) is 8.60. The summed E-state index contributed by atoms with van der Waals surface area (Å²) >= 11 is 9.02. The topological polar surface area (TPSA) is 55.4 Å². The molecular formula is C18H12BrClF3NO3. The third-order valence-corrected chi connectivity index (χ3v) is 4.00. The van der Waals surface area contributed by atoms with Crippen molar-refractivity contribution >= 4 is 51.2 Å². The molecule has 0 saturated carbocycles. The molecule has 2 aromatic carbocycles. The molecule has 0 aliphatic heterocycles. The Labute approximate surface area is 166 Å². The lowest BCUT2D eigenvalue weighted by Gasteiger charge is -2.15.